The molecule has 2 aromatic carbocycles. The van der Waals surface area contributed by atoms with Crippen LogP contribution >= 0.6 is 7.75 Å². The van der Waals surface area contributed by atoms with Crippen LogP contribution in [0.3, 0.4) is 0 Å². The Balaban J connectivity index is 1.53. The van der Waals surface area contributed by atoms with E-state index in [1.165, 1.54) is 23.8 Å². The first-order valence-corrected chi connectivity index (χ1v) is 19.4. The molecule has 2 aromatic heterocycles. The average Bonchev–Trinajstić information content (AvgIpc) is 3.74. The zero-order chi connectivity index (χ0) is 39.0. The van der Waals surface area contributed by atoms with E-state index in [1.54, 1.807) is 44.2 Å². The zero-order valence-corrected chi connectivity index (χ0v) is 31.7. The molecular weight excluding hydrogens is 719 g/mol. The topological polar surface area (TPSA) is 216 Å². The van der Waals surface area contributed by atoms with Crippen molar-refractivity contribution in [3.05, 3.63) is 66.6 Å². The molecule has 16 nitrogen and oxygen atoms in total. The molecule has 6 atom stereocenters. The molecule has 5 rings (SSSR count). The van der Waals surface area contributed by atoms with E-state index in [1.807, 2.05) is 32.0 Å². The first-order chi connectivity index (χ1) is 25.9. The number of rotatable bonds is 17. The fourth-order valence-electron chi connectivity index (χ4n) is 6.07. The first-order valence-electron chi connectivity index (χ1n) is 17.8. The fraction of sp³-hybridized carbons (Fsp3) is 0.459. The normalized spacial score (nSPS) is 21.3. The van der Waals surface area contributed by atoms with Crippen molar-refractivity contribution in [1.29, 1.82) is 5.26 Å². The summed E-state index contributed by atoms with van der Waals surface area (Å²) in [5.41, 5.74) is 4.34. The van der Waals surface area contributed by atoms with Gasteiger partial charge in [-0.1, -0.05) is 76.9 Å². The van der Waals surface area contributed by atoms with Gasteiger partial charge in [0, 0.05) is 18.2 Å². The molecule has 54 heavy (non-hydrogen) atoms. The Morgan fingerprint density at radius 3 is 2.44 bits per heavy atom. The van der Waals surface area contributed by atoms with Crippen LogP contribution in [0.25, 0.3) is 16.3 Å². The Kier molecular flexibility index (Phi) is 12.9. The third-order valence-electron chi connectivity index (χ3n) is 9.23. The molecule has 0 spiro atoms. The summed E-state index contributed by atoms with van der Waals surface area (Å²) in [4.78, 5) is 42.9. The van der Waals surface area contributed by atoms with Gasteiger partial charge in [-0.25, -0.2) is 14.1 Å². The Bertz CT molecular complexity index is 2060. The van der Waals surface area contributed by atoms with Crippen molar-refractivity contribution < 1.29 is 46.9 Å². The molecule has 17 heteroatoms. The highest BCUT2D eigenvalue weighted by Crippen LogP contribution is 2.49. The third-order valence-corrected chi connectivity index (χ3v) is 10.9. The van der Waals surface area contributed by atoms with Gasteiger partial charge in [-0.05, 0) is 36.4 Å². The average molecular weight is 765 g/mol. The molecule has 1 saturated heterocycles. The maximum Gasteiger partial charge on any atom is 0.459 e. The Labute approximate surface area is 312 Å². The lowest BCUT2D eigenvalue weighted by Gasteiger charge is -2.28. The number of hydrogen-bond donors (Lipinski definition) is 2. The van der Waals surface area contributed by atoms with Gasteiger partial charge in [0.05, 0.1) is 18.9 Å². The van der Waals surface area contributed by atoms with Crippen LogP contribution < -0.4 is 15.3 Å². The van der Waals surface area contributed by atoms with E-state index in [4.69, 9.17) is 33.7 Å². The van der Waals surface area contributed by atoms with E-state index >= 15 is 0 Å². The van der Waals surface area contributed by atoms with Crippen molar-refractivity contribution in [3.63, 3.8) is 0 Å². The van der Waals surface area contributed by atoms with E-state index in [2.05, 4.69) is 21.2 Å². The van der Waals surface area contributed by atoms with Crippen LogP contribution in [0.15, 0.2) is 60.9 Å². The molecule has 1 aliphatic rings. The standard InChI is InChI=1S/C37H45N6O10P/c1-6-24(7-2)19-48-36(46)23(5)42-54(47,53-28-16-12-14-25-13-10-11-15-26(25)28)49-20-29-33(50-31(44)8-3)34(51-32(45)9-4)37(21-38,52-29)30-18-17-27-35(39)40-22-41-43(27)30/h10-18,22-24,29,33-34H,6-9,19-20H2,1-5H3,(H,42,47)(H2,39,40,41)/t23-,29+,33+,34+,37-,54?/m0/s1. The highest BCUT2D eigenvalue weighted by atomic mass is 31.2. The number of carbonyl (C=O) groups excluding carboxylic acids is 3. The van der Waals surface area contributed by atoms with E-state index in [9.17, 15) is 24.2 Å². The quantitative estimate of drug-likeness (QED) is 0.0783. The van der Waals surface area contributed by atoms with Crippen LogP contribution in [0.4, 0.5) is 5.82 Å². The van der Waals surface area contributed by atoms with Crippen molar-refractivity contribution in [1.82, 2.24) is 19.7 Å². The van der Waals surface area contributed by atoms with Gasteiger partial charge in [-0.2, -0.15) is 15.4 Å². The minimum absolute atomic E-state index is 0.0727. The molecule has 1 unspecified atom stereocenters. The number of hydrogen-bond acceptors (Lipinski definition) is 14. The third kappa shape index (κ3) is 8.50. The molecule has 0 aliphatic carbocycles. The van der Waals surface area contributed by atoms with Gasteiger partial charge in [0.25, 0.3) is 0 Å². The second-order valence-electron chi connectivity index (χ2n) is 12.8. The van der Waals surface area contributed by atoms with Gasteiger partial charge >= 0.3 is 25.7 Å². The Hall–Kier alpha value is -5.07. The van der Waals surface area contributed by atoms with E-state index < -0.39 is 62.2 Å². The van der Waals surface area contributed by atoms with Crippen LogP contribution in [-0.2, 0) is 48.0 Å². The number of anilines is 1. The van der Waals surface area contributed by atoms with Crippen LogP contribution in [0, 0.1) is 17.2 Å². The van der Waals surface area contributed by atoms with Crippen molar-refractivity contribution in [2.45, 2.75) is 90.3 Å². The van der Waals surface area contributed by atoms with Gasteiger partial charge in [0.2, 0.25) is 5.60 Å². The number of nitrogen functional groups attached to an aromatic ring is 1. The maximum atomic E-state index is 14.8. The Morgan fingerprint density at radius 2 is 1.74 bits per heavy atom. The first kappa shape index (κ1) is 40.1. The second-order valence-corrected chi connectivity index (χ2v) is 14.5. The van der Waals surface area contributed by atoms with Gasteiger partial charge < -0.3 is 29.2 Å². The van der Waals surface area contributed by atoms with Gasteiger partial charge in [0.15, 0.2) is 18.0 Å². The Morgan fingerprint density at radius 1 is 1.04 bits per heavy atom. The molecule has 3 N–H and O–H groups in total. The highest BCUT2D eigenvalue weighted by molar-refractivity contribution is 7.52. The van der Waals surface area contributed by atoms with Crippen molar-refractivity contribution >= 4 is 47.8 Å². The molecule has 1 fully saturated rings. The number of esters is 3. The number of carbonyl (C=O) groups is 3. The summed E-state index contributed by atoms with van der Waals surface area (Å²) >= 11 is 0. The number of nitrogens with one attached hydrogen (secondary N) is 1. The molecule has 4 aromatic rings. The number of nitrogens with zero attached hydrogens (tertiary/aromatic N) is 4. The van der Waals surface area contributed by atoms with Crippen molar-refractivity contribution in [2.24, 2.45) is 5.92 Å². The van der Waals surface area contributed by atoms with Gasteiger partial charge in [0.1, 0.15) is 35.8 Å². The molecule has 3 heterocycles. The van der Waals surface area contributed by atoms with Crippen molar-refractivity contribution in [2.75, 3.05) is 18.9 Å². The van der Waals surface area contributed by atoms with Crippen LogP contribution in [0.2, 0.25) is 0 Å². The second kappa shape index (κ2) is 17.4. The van der Waals surface area contributed by atoms with Crippen LogP contribution in [0.5, 0.6) is 5.75 Å². The minimum atomic E-state index is -4.55. The number of fused-ring (bicyclic) bond motifs is 2. The van der Waals surface area contributed by atoms with Gasteiger partial charge in [-0.3, -0.25) is 18.9 Å². The summed E-state index contributed by atoms with van der Waals surface area (Å²) in [5, 5.41) is 19.2. The number of nitrogens with two attached hydrogens (primary N) is 1. The van der Waals surface area contributed by atoms with Gasteiger partial charge in [-0.15, -0.1) is 0 Å². The summed E-state index contributed by atoms with van der Waals surface area (Å²) in [6.45, 7) is 8.11. The number of aromatic nitrogens is 3. The smallest absolute Gasteiger partial charge is 0.459 e. The summed E-state index contributed by atoms with van der Waals surface area (Å²) in [5.74, 6) is -1.67. The monoisotopic (exact) mass is 764 g/mol. The number of ether oxygens (including phenoxy) is 4. The fourth-order valence-corrected chi connectivity index (χ4v) is 7.59. The van der Waals surface area contributed by atoms with Crippen LogP contribution in [0.1, 0.15) is 66.0 Å². The number of nitriles is 1. The largest absolute Gasteiger partial charge is 0.464 e. The summed E-state index contributed by atoms with van der Waals surface area (Å²) in [6, 6.07) is 16.4. The summed E-state index contributed by atoms with van der Waals surface area (Å²) in [7, 11) is -4.55. The lowest BCUT2D eigenvalue weighted by molar-refractivity contribution is -0.169. The molecule has 0 amide bonds. The van der Waals surface area contributed by atoms with E-state index in [0.29, 0.717) is 10.9 Å². The lowest BCUT2D eigenvalue weighted by atomic mass is 9.92. The summed E-state index contributed by atoms with van der Waals surface area (Å²) in [6.07, 6.45) is -1.76. The SMILES string of the molecule is CCC(=O)O[C@H]1[C@@H](OC(=O)CC)[C@](C#N)(c2ccc3c(N)ncnn23)O[C@@H]1COP(=O)(N[C@@H](C)C(=O)OCC(CC)CC)Oc1cccc2ccccc12. The molecule has 288 valence electrons. The summed E-state index contributed by atoms with van der Waals surface area (Å²) < 4.78 is 51.8. The van der Waals surface area contributed by atoms with E-state index in [0.717, 1.165) is 18.2 Å². The van der Waals surface area contributed by atoms with E-state index in [-0.39, 0.29) is 42.6 Å². The minimum Gasteiger partial charge on any atom is -0.464 e. The molecule has 0 bridgehead atoms. The lowest BCUT2D eigenvalue weighted by Crippen LogP contribution is -2.46. The molecule has 1 aliphatic heterocycles. The van der Waals surface area contributed by atoms with Crippen molar-refractivity contribution in [3.8, 4) is 11.8 Å². The predicted octanol–water partition coefficient (Wildman–Crippen LogP) is 5.39. The molecular formula is C37H45N6O10P. The molecule has 0 saturated carbocycles. The number of benzene rings is 2. The maximum absolute atomic E-state index is 14.8. The molecule has 0 radical (unpaired) electrons. The van der Waals surface area contributed by atoms with Crippen LogP contribution in [-0.4, -0.2) is 70.1 Å². The zero-order valence-electron chi connectivity index (χ0n) is 30.8. The predicted molar refractivity (Wildman–Crippen MR) is 196 cm³/mol. The highest BCUT2D eigenvalue weighted by Gasteiger charge is 2.62.